The summed E-state index contributed by atoms with van der Waals surface area (Å²) in [5, 5.41) is 9.86. The fourth-order valence-corrected chi connectivity index (χ4v) is 4.67. The number of nitrogens with zero attached hydrogens (tertiary/aromatic N) is 1. The Balaban J connectivity index is 1.81. The maximum Gasteiger partial charge on any atom is 0.263 e. The van der Waals surface area contributed by atoms with Crippen molar-refractivity contribution in [2.24, 2.45) is 0 Å². The van der Waals surface area contributed by atoms with Gasteiger partial charge in [-0.05, 0) is 49.2 Å². The summed E-state index contributed by atoms with van der Waals surface area (Å²) in [5.74, 6) is -0.205. The van der Waals surface area contributed by atoms with E-state index in [4.69, 9.17) is 23.2 Å². The van der Waals surface area contributed by atoms with Gasteiger partial charge in [0.05, 0.1) is 11.1 Å². The first kappa shape index (κ1) is 19.9. The van der Waals surface area contributed by atoms with Crippen LogP contribution in [0.15, 0.2) is 47.4 Å². The van der Waals surface area contributed by atoms with Crippen LogP contribution in [0, 0.1) is 0 Å². The Bertz CT molecular complexity index is 958. The fourth-order valence-electron chi connectivity index (χ4n) is 2.86. The molecule has 1 aliphatic rings. The first-order valence-electron chi connectivity index (χ1n) is 8.31. The molecule has 0 aliphatic carbocycles. The molecule has 0 aromatic heterocycles. The van der Waals surface area contributed by atoms with E-state index in [-0.39, 0.29) is 32.6 Å². The minimum Gasteiger partial charge on any atom is -0.393 e. The van der Waals surface area contributed by atoms with E-state index < -0.39 is 10.0 Å². The Morgan fingerprint density at radius 2 is 1.81 bits per heavy atom. The molecule has 0 spiro atoms. The molecule has 144 valence electrons. The normalized spacial score (nSPS) is 15.6. The number of sulfonamides is 1. The molecule has 0 saturated carbocycles. The highest BCUT2D eigenvalue weighted by molar-refractivity contribution is 7.92. The van der Waals surface area contributed by atoms with E-state index in [0.717, 1.165) is 0 Å². The van der Waals surface area contributed by atoms with Gasteiger partial charge in [0.2, 0.25) is 0 Å². The number of aliphatic hydroxyl groups is 1. The Kier molecular flexibility index (Phi) is 5.95. The van der Waals surface area contributed by atoms with Crippen LogP contribution < -0.4 is 4.72 Å². The molecule has 0 bridgehead atoms. The monoisotopic (exact) mass is 428 g/mol. The Morgan fingerprint density at radius 1 is 1.11 bits per heavy atom. The second-order valence-electron chi connectivity index (χ2n) is 6.28. The van der Waals surface area contributed by atoms with Crippen LogP contribution in [0.2, 0.25) is 10.0 Å². The quantitative estimate of drug-likeness (QED) is 0.780. The number of benzene rings is 2. The van der Waals surface area contributed by atoms with Crippen molar-refractivity contribution in [3.8, 4) is 0 Å². The van der Waals surface area contributed by atoms with Crippen molar-refractivity contribution in [3.63, 3.8) is 0 Å². The predicted octanol–water partition coefficient (Wildman–Crippen LogP) is 3.39. The van der Waals surface area contributed by atoms with Gasteiger partial charge in [-0.15, -0.1) is 0 Å². The third-order valence-electron chi connectivity index (χ3n) is 4.30. The topological polar surface area (TPSA) is 86.7 Å². The van der Waals surface area contributed by atoms with Crippen molar-refractivity contribution in [1.82, 2.24) is 4.90 Å². The van der Waals surface area contributed by atoms with Gasteiger partial charge < -0.3 is 10.0 Å². The van der Waals surface area contributed by atoms with E-state index in [1.807, 2.05) is 0 Å². The number of hydrogen-bond donors (Lipinski definition) is 2. The van der Waals surface area contributed by atoms with Crippen molar-refractivity contribution >= 4 is 44.8 Å². The molecule has 2 N–H and O–H groups in total. The number of amides is 1. The number of carbonyl (C=O) groups excluding carboxylic acids is 1. The van der Waals surface area contributed by atoms with Crippen LogP contribution in [-0.4, -0.2) is 43.5 Å². The molecule has 1 aliphatic heterocycles. The number of piperidine rings is 1. The number of aliphatic hydroxyl groups excluding tert-OH is 1. The van der Waals surface area contributed by atoms with Gasteiger partial charge in [0.25, 0.3) is 15.9 Å². The van der Waals surface area contributed by atoms with Crippen LogP contribution in [0.5, 0.6) is 0 Å². The number of nitrogens with one attached hydrogen (secondary N) is 1. The zero-order chi connectivity index (χ0) is 19.6. The van der Waals surface area contributed by atoms with Crippen molar-refractivity contribution in [3.05, 3.63) is 58.1 Å². The first-order chi connectivity index (χ1) is 12.8. The van der Waals surface area contributed by atoms with Gasteiger partial charge in [0, 0.05) is 29.4 Å². The van der Waals surface area contributed by atoms with E-state index >= 15 is 0 Å². The highest BCUT2D eigenvalue weighted by Crippen LogP contribution is 2.27. The lowest BCUT2D eigenvalue weighted by Crippen LogP contribution is -2.40. The lowest BCUT2D eigenvalue weighted by molar-refractivity contribution is 0.0546. The Labute approximate surface area is 167 Å². The highest BCUT2D eigenvalue weighted by Gasteiger charge is 2.23. The molecule has 27 heavy (non-hydrogen) atoms. The molecule has 6 nitrogen and oxygen atoms in total. The number of carbonyl (C=O) groups is 1. The number of rotatable bonds is 4. The van der Waals surface area contributed by atoms with Crippen LogP contribution in [-0.2, 0) is 10.0 Å². The molecule has 0 radical (unpaired) electrons. The highest BCUT2D eigenvalue weighted by atomic mass is 35.5. The van der Waals surface area contributed by atoms with Gasteiger partial charge in [0.1, 0.15) is 4.90 Å². The zero-order valence-corrected chi connectivity index (χ0v) is 16.6. The van der Waals surface area contributed by atoms with Gasteiger partial charge >= 0.3 is 0 Å². The Hall–Kier alpha value is -1.80. The molecule has 2 aromatic rings. The van der Waals surface area contributed by atoms with Crippen LogP contribution in [0.3, 0.4) is 0 Å². The number of halogens is 2. The Morgan fingerprint density at radius 3 is 2.52 bits per heavy atom. The number of likely N-dealkylation sites (tertiary alicyclic amines) is 1. The summed E-state index contributed by atoms with van der Waals surface area (Å²) in [5.41, 5.74) is 0.609. The van der Waals surface area contributed by atoms with Crippen molar-refractivity contribution in [2.45, 2.75) is 23.8 Å². The van der Waals surface area contributed by atoms with Gasteiger partial charge in [-0.2, -0.15) is 0 Å². The lowest BCUT2D eigenvalue weighted by atomic mass is 10.1. The van der Waals surface area contributed by atoms with Gasteiger partial charge in [-0.1, -0.05) is 29.3 Å². The van der Waals surface area contributed by atoms with Crippen LogP contribution in [0.4, 0.5) is 5.69 Å². The van der Waals surface area contributed by atoms with Gasteiger partial charge in [-0.25, -0.2) is 8.42 Å². The van der Waals surface area contributed by atoms with E-state index in [0.29, 0.717) is 31.5 Å². The second-order valence-corrected chi connectivity index (χ2v) is 8.78. The number of anilines is 1. The summed E-state index contributed by atoms with van der Waals surface area (Å²) in [6.45, 7) is 0.933. The molecule has 9 heteroatoms. The molecule has 2 aromatic carbocycles. The molecule has 1 fully saturated rings. The largest absolute Gasteiger partial charge is 0.393 e. The van der Waals surface area contributed by atoms with E-state index in [2.05, 4.69) is 4.72 Å². The maximum absolute atomic E-state index is 12.6. The summed E-state index contributed by atoms with van der Waals surface area (Å²) in [4.78, 5) is 14.1. The lowest BCUT2D eigenvalue weighted by Gasteiger charge is -2.29. The molecule has 1 heterocycles. The van der Waals surface area contributed by atoms with Crippen molar-refractivity contribution in [2.75, 3.05) is 17.8 Å². The smallest absolute Gasteiger partial charge is 0.263 e. The van der Waals surface area contributed by atoms with Crippen molar-refractivity contribution < 1.29 is 18.3 Å². The fraction of sp³-hybridized carbons (Fsp3) is 0.278. The SMILES string of the molecule is O=C(c1cccc(NS(=O)(=O)c2cc(Cl)ccc2Cl)c1)N1CCC(O)CC1. The number of hydrogen-bond acceptors (Lipinski definition) is 4. The van der Waals surface area contributed by atoms with E-state index in [1.54, 1.807) is 23.1 Å². The molecule has 1 amide bonds. The molecular formula is C18H18Cl2N2O4S. The molecule has 3 rings (SSSR count). The summed E-state index contributed by atoms with van der Waals surface area (Å²) in [7, 11) is -3.97. The third kappa shape index (κ3) is 4.73. The summed E-state index contributed by atoms with van der Waals surface area (Å²) in [6, 6.07) is 10.4. The summed E-state index contributed by atoms with van der Waals surface area (Å²) in [6.07, 6.45) is 0.686. The first-order valence-corrected chi connectivity index (χ1v) is 10.6. The second kappa shape index (κ2) is 8.06. The van der Waals surface area contributed by atoms with Crippen LogP contribution in [0.25, 0.3) is 0 Å². The minimum absolute atomic E-state index is 0.0472. The maximum atomic E-state index is 12.6. The van der Waals surface area contributed by atoms with Crippen molar-refractivity contribution in [1.29, 1.82) is 0 Å². The molecular weight excluding hydrogens is 411 g/mol. The van der Waals surface area contributed by atoms with Crippen LogP contribution >= 0.6 is 23.2 Å². The van der Waals surface area contributed by atoms with Gasteiger partial charge in [0.15, 0.2) is 0 Å². The zero-order valence-electron chi connectivity index (χ0n) is 14.2. The minimum atomic E-state index is -3.97. The van der Waals surface area contributed by atoms with E-state index in [1.165, 1.54) is 24.3 Å². The standard InChI is InChI=1S/C18H18Cl2N2O4S/c19-13-4-5-16(20)17(11-13)27(25,26)21-14-3-1-2-12(10-14)18(24)22-8-6-15(23)7-9-22/h1-5,10-11,15,21,23H,6-9H2. The predicted molar refractivity (Wildman–Crippen MR) is 105 cm³/mol. The molecule has 1 saturated heterocycles. The average Bonchev–Trinajstić information content (AvgIpc) is 2.63. The summed E-state index contributed by atoms with van der Waals surface area (Å²) >= 11 is 11.9. The average molecular weight is 429 g/mol. The van der Waals surface area contributed by atoms with Gasteiger partial charge in [-0.3, -0.25) is 9.52 Å². The summed E-state index contributed by atoms with van der Waals surface area (Å²) < 4.78 is 27.7. The molecule has 0 atom stereocenters. The molecule has 0 unspecified atom stereocenters. The van der Waals surface area contributed by atoms with E-state index in [9.17, 15) is 18.3 Å². The van der Waals surface area contributed by atoms with Crippen LogP contribution in [0.1, 0.15) is 23.2 Å². The third-order valence-corrected chi connectivity index (χ3v) is 6.39.